The minimum absolute atomic E-state index is 0. The Labute approximate surface area is 312 Å². The number of para-hydroxylation sites is 2. The van der Waals surface area contributed by atoms with Gasteiger partial charge in [-0.25, -0.2) is 0 Å². The predicted octanol–water partition coefficient (Wildman–Crippen LogP) is 11.7. The molecule has 9 rings (SSSR count). The van der Waals surface area contributed by atoms with Gasteiger partial charge in [-0.05, 0) is 47.6 Å². The van der Waals surface area contributed by atoms with Gasteiger partial charge >= 0.3 is 0 Å². The normalized spacial score (nSPS) is 11.5. The van der Waals surface area contributed by atoms with Crippen LogP contribution in [0.1, 0.15) is 11.1 Å². The van der Waals surface area contributed by atoms with Crippen molar-refractivity contribution in [1.82, 2.24) is 9.97 Å². The van der Waals surface area contributed by atoms with Crippen LogP contribution in [0.3, 0.4) is 0 Å². The Morgan fingerprint density at radius 1 is 0.588 bits per heavy atom. The summed E-state index contributed by atoms with van der Waals surface area (Å²) in [5.74, 6) is 0. The Balaban J connectivity index is 0.000000228. The van der Waals surface area contributed by atoms with E-state index in [9.17, 15) is 0 Å². The maximum absolute atomic E-state index is 6.31. The van der Waals surface area contributed by atoms with E-state index in [0.29, 0.717) is 0 Å². The Kier molecular flexibility index (Phi) is 9.34. The van der Waals surface area contributed by atoms with E-state index in [1.54, 1.807) is 0 Å². The standard InChI is InChI=1S/C32H24NO2Si.C13H12N.Ir/c1-36(2,3)22-10-8-9-20(17-22)25-18-21(15-16-33-25)30-31-23-11-4-6-13-26(23)34-28(31)19-29-32(30)24-12-5-7-14-27(24)35-29;1-10-3-6-12(7-4-10)13-8-5-11(2)9-14-13;/h4-8,10-19H,1-3H3;3-6,8-9H,1-2H3;/q2*-1;. The molecule has 0 bridgehead atoms. The molecule has 0 aliphatic rings. The fraction of sp³-hybridized carbons (Fsp3) is 0.111. The molecule has 0 saturated carbocycles. The summed E-state index contributed by atoms with van der Waals surface area (Å²) in [5, 5.41) is 5.79. The van der Waals surface area contributed by atoms with Crippen LogP contribution >= 0.6 is 0 Å². The van der Waals surface area contributed by atoms with E-state index in [1.165, 1.54) is 16.3 Å². The third kappa shape index (κ3) is 6.71. The summed E-state index contributed by atoms with van der Waals surface area (Å²) in [6.07, 6.45) is 3.78. The number of hydrogen-bond acceptors (Lipinski definition) is 4. The second kappa shape index (κ2) is 13.9. The fourth-order valence-corrected chi connectivity index (χ4v) is 7.64. The third-order valence-corrected chi connectivity index (χ3v) is 11.2. The predicted molar refractivity (Wildman–Crippen MR) is 209 cm³/mol. The third-order valence-electron chi connectivity index (χ3n) is 9.16. The zero-order chi connectivity index (χ0) is 34.4. The zero-order valence-electron chi connectivity index (χ0n) is 29.2. The van der Waals surface area contributed by atoms with Crippen LogP contribution < -0.4 is 5.19 Å². The Hall–Kier alpha value is -5.13. The summed E-state index contributed by atoms with van der Waals surface area (Å²) in [4.78, 5) is 9.10. The monoisotopic (exact) mass is 857 g/mol. The van der Waals surface area contributed by atoms with Gasteiger partial charge in [-0.2, -0.15) is 0 Å². The second-order valence-electron chi connectivity index (χ2n) is 13.9. The van der Waals surface area contributed by atoms with Gasteiger partial charge in [0, 0.05) is 65.7 Å². The van der Waals surface area contributed by atoms with E-state index >= 15 is 0 Å². The van der Waals surface area contributed by atoms with E-state index in [1.807, 2.05) is 73.9 Å². The number of aromatic nitrogens is 2. The van der Waals surface area contributed by atoms with Crippen molar-refractivity contribution in [1.29, 1.82) is 0 Å². The van der Waals surface area contributed by atoms with Crippen molar-refractivity contribution in [2.24, 2.45) is 0 Å². The molecule has 0 N–H and O–H groups in total. The summed E-state index contributed by atoms with van der Waals surface area (Å²) in [5.41, 5.74) is 12.0. The first-order chi connectivity index (χ1) is 24.2. The molecular weight excluding hydrogens is 821 g/mol. The van der Waals surface area contributed by atoms with Gasteiger partial charge < -0.3 is 18.8 Å². The molecule has 9 aromatic rings. The molecule has 4 heterocycles. The van der Waals surface area contributed by atoms with E-state index < -0.39 is 8.07 Å². The number of benzene rings is 5. The van der Waals surface area contributed by atoms with Crippen LogP contribution in [0.15, 0.2) is 136 Å². The number of fused-ring (bicyclic) bond motifs is 6. The average Bonchev–Trinajstić information content (AvgIpc) is 3.69. The number of hydrogen-bond donors (Lipinski definition) is 0. The SMILES string of the molecule is C[Si](C)(C)c1cc[c-]c(-c2cc(-c3c4c(cc5oc6ccccc6c35)oc3ccccc34)ccn2)c1.Cc1c[c-]c(-c2ccc(C)cn2)cc1.[Ir]. The minimum atomic E-state index is -1.46. The second-order valence-corrected chi connectivity index (χ2v) is 18.9. The van der Waals surface area contributed by atoms with Crippen LogP contribution in [0.2, 0.25) is 19.6 Å². The van der Waals surface area contributed by atoms with Crippen molar-refractivity contribution in [2.45, 2.75) is 33.5 Å². The first-order valence-corrected chi connectivity index (χ1v) is 20.4. The maximum Gasteiger partial charge on any atom is 0.139 e. The molecule has 0 fully saturated rings. The molecule has 6 heteroatoms. The van der Waals surface area contributed by atoms with Gasteiger partial charge in [-0.1, -0.05) is 81.2 Å². The Morgan fingerprint density at radius 2 is 1.25 bits per heavy atom. The summed E-state index contributed by atoms with van der Waals surface area (Å²) in [6.45, 7) is 11.2. The van der Waals surface area contributed by atoms with Crippen molar-refractivity contribution in [2.75, 3.05) is 0 Å². The van der Waals surface area contributed by atoms with Crippen LogP contribution in [0.4, 0.5) is 0 Å². The van der Waals surface area contributed by atoms with Crippen molar-refractivity contribution in [3.8, 4) is 33.6 Å². The Bertz CT molecular complexity index is 2520. The van der Waals surface area contributed by atoms with E-state index in [2.05, 4.69) is 104 Å². The van der Waals surface area contributed by atoms with Gasteiger partial charge in [0.25, 0.3) is 0 Å². The molecule has 253 valence electrons. The Morgan fingerprint density at radius 3 is 1.86 bits per heavy atom. The average molecular weight is 857 g/mol. The summed E-state index contributed by atoms with van der Waals surface area (Å²) in [7, 11) is -1.46. The smallest absolute Gasteiger partial charge is 0.139 e. The van der Waals surface area contributed by atoms with Gasteiger partial charge in [0.2, 0.25) is 0 Å². The minimum Gasteiger partial charge on any atom is -0.456 e. The molecule has 0 aliphatic carbocycles. The molecule has 0 spiro atoms. The number of nitrogens with zero attached hydrogens (tertiary/aromatic N) is 2. The number of furan rings is 2. The molecule has 5 aromatic carbocycles. The molecule has 1 radical (unpaired) electrons. The van der Waals surface area contributed by atoms with Crippen LogP contribution in [0.25, 0.3) is 77.5 Å². The summed E-state index contributed by atoms with van der Waals surface area (Å²) in [6, 6.07) is 46.1. The number of rotatable bonds is 4. The molecule has 4 nitrogen and oxygen atoms in total. The molecule has 51 heavy (non-hydrogen) atoms. The van der Waals surface area contributed by atoms with Crippen molar-refractivity contribution < 1.29 is 28.9 Å². The van der Waals surface area contributed by atoms with Crippen LogP contribution in [0, 0.1) is 26.0 Å². The van der Waals surface area contributed by atoms with Gasteiger partial charge in [0.1, 0.15) is 22.3 Å². The molecule has 0 saturated heterocycles. The first-order valence-electron chi connectivity index (χ1n) is 16.9. The van der Waals surface area contributed by atoms with Crippen LogP contribution in [-0.2, 0) is 20.1 Å². The van der Waals surface area contributed by atoms with Gasteiger partial charge in [0.05, 0.1) is 8.07 Å². The zero-order valence-corrected chi connectivity index (χ0v) is 32.6. The summed E-state index contributed by atoms with van der Waals surface area (Å²) < 4.78 is 12.6. The first kappa shape index (κ1) is 34.3. The summed E-state index contributed by atoms with van der Waals surface area (Å²) >= 11 is 0. The van der Waals surface area contributed by atoms with Gasteiger partial charge in [0.15, 0.2) is 0 Å². The molecule has 0 aliphatic heterocycles. The van der Waals surface area contributed by atoms with Crippen molar-refractivity contribution in [3.63, 3.8) is 0 Å². The van der Waals surface area contributed by atoms with Gasteiger partial charge in [-0.3, -0.25) is 0 Å². The van der Waals surface area contributed by atoms with Crippen LogP contribution in [-0.4, -0.2) is 18.0 Å². The largest absolute Gasteiger partial charge is 0.456 e. The van der Waals surface area contributed by atoms with Crippen molar-refractivity contribution in [3.05, 3.63) is 151 Å². The molecule has 0 amide bonds. The van der Waals surface area contributed by atoms with Crippen molar-refractivity contribution >= 4 is 57.1 Å². The van der Waals surface area contributed by atoms with Gasteiger partial charge in [-0.15, -0.1) is 70.4 Å². The van der Waals surface area contributed by atoms with E-state index in [4.69, 9.17) is 13.8 Å². The molecular formula is C45H36IrN2O2Si-2. The number of aryl methyl sites for hydroxylation is 2. The topological polar surface area (TPSA) is 52.1 Å². The molecule has 0 unspecified atom stereocenters. The number of pyridine rings is 2. The molecule has 4 aromatic heterocycles. The molecule has 0 atom stereocenters. The van der Waals surface area contributed by atoms with Crippen LogP contribution in [0.5, 0.6) is 0 Å². The van der Waals surface area contributed by atoms with E-state index in [-0.39, 0.29) is 20.1 Å². The maximum atomic E-state index is 6.31. The quantitative estimate of drug-likeness (QED) is 0.131. The fourth-order valence-electron chi connectivity index (χ4n) is 6.48. The van der Waals surface area contributed by atoms with E-state index in [0.717, 1.165) is 77.5 Å².